The van der Waals surface area contributed by atoms with Crippen molar-refractivity contribution in [2.75, 3.05) is 6.61 Å². The highest BCUT2D eigenvalue weighted by Crippen LogP contribution is 2.37. The van der Waals surface area contributed by atoms with Gasteiger partial charge in [-0.15, -0.1) is 0 Å². The number of hydrogen-bond acceptors (Lipinski definition) is 6. The summed E-state index contributed by atoms with van der Waals surface area (Å²) >= 11 is 0. The van der Waals surface area contributed by atoms with Crippen LogP contribution < -0.4 is 5.32 Å². The molecule has 5 rings (SSSR count). The number of rotatable bonds is 6. The second kappa shape index (κ2) is 9.49. The van der Waals surface area contributed by atoms with E-state index in [0.717, 1.165) is 5.39 Å². The molecule has 3 aromatic heterocycles. The van der Waals surface area contributed by atoms with Gasteiger partial charge in [-0.05, 0) is 50.8 Å². The largest absolute Gasteiger partial charge is 0.443 e. The van der Waals surface area contributed by atoms with E-state index in [9.17, 15) is 22.0 Å². The lowest BCUT2D eigenvalue weighted by Crippen LogP contribution is -2.38. The van der Waals surface area contributed by atoms with Gasteiger partial charge in [0.1, 0.15) is 17.0 Å². The highest BCUT2D eigenvalue weighted by molar-refractivity contribution is 7.91. The molecule has 9 nitrogen and oxygen atoms in total. The Labute approximate surface area is 205 Å². The monoisotopic (exact) mass is 517 g/mol. The topological polar surface area (TPSA) is 119 Å². The number of benzene rings is 1. The number of H-pyrrole nitrogens is 1. The first-order valence-corrected chi connectivity index (χ1v) is 13.1. The summed E-state index contributed by atoms with van der Waals surface area (Å²) in [6, 6.07) is 9.82. The Morgan fingerprint density at radius 2 is 1.89 bits per heavy atom. The number of alkyl carbamates (subject to hydrolysis) is 1. The van der Waals surface area contributed by atoms with Crippen LogP contribution in [-0.2, 0) is 14.6 Å². The molecule has 36 heavy (non-hydrogen) atoms. The third-order valence-electron chi connectivity index (χ3n) is 6.52. The maximum Gasteiger partial charge on any atom is 0.407 e. The summed E-state index contributed by atoms with van der Waals surface area (Å²) in [7, 11) is -3.92. The third-order valence-corrected chi connectivity index (χ3v) is 8.20. The number of sulfone groups is 1. The predicted molar refractivity (Wildman–Crippen MR) is 128 cm³/mol. The van der Waals surface area contributed by atoms with E-state index < -0.39 is 29.0 Å². The number of carbonyl (C=O) groups excluding carboxylic acids is 1. The van der Waals surface area contributed by atoms with Gasteiger partial charge >= 0.3 is 6.09 Å². The first-order chi connectivity index (χ1) is 17.3. The molecule has 1 aliphatic carbocycles. The molecule has 1 aliphatic rings. The number of nitrogens with zero attached hydrogens (tertiary/aromatic N) is 3. The van der Waals surface area contributed by atoms with E-state index in [4.69, 9.17) is 0 Å². The van der Waals surface area contributed by atoms with Crippen LogP contribution in [0.4, 0.5) is 13.6 Å². The number of amides is 1. The number of alkyl halides is 2. The maximum atomic E-state index is 13.5. The van der Waals surface area contributed by atoms with Gasteiger partial charge in [0.2, 0.25) is 9.84 Å². The number of aryl methyl sites for hydroxylation is 1. The standard InChI is InChI=1S/C24H25F2N5O4S/c1-14-28-20-21(31(14)16-9-7-15(8-10-16)29-24(32)35-13-19(25)26)18-11-12-27-22(18)30-23(20)36(33,34)17-5-3-2-4-6-17/h2-6,11-12,15-16,19H,7-10,13H2,1H3,(H,27,30)(H,29,32). The number of carbonyl (C=O) groups is 1. The molecule has 4 aromatic rings. The lowest BCUT2D eigenvalue weighted by molar-refractivity contribution is 0.0467. The zero-order chi connectivity index (χ0) is 25.4. The van der Waals surface area contributed by atoms with Crippen molar-refractivity contribution in [1.82, 2.24) is 24.8 Å². The van der Waals surface area contributed by atoms with E-state index in [1.54, 1.807) is 24.4 Å². The zero-order valence-corrected chi connectivity index (χ0v) is 20.3. The molecule has 0 bridgehead atoms. The van der Waals surface area contributed by atoms with Crippen LogP contribution in [0.2, 0.25) is 0 Å². The molecule has 0 radical (unpaired) electrons. The fourth-order valence-electron chi connectivity index (χ4n) is 4.92. The molecule has 1 saturated carbocycles. The maximum absolute atomic E-state index is 13.5. The Balaban J connectivity index is 1.48. The quantitative estimate of drug-likeness (QED) is 0.388. The molecule has 0 atom stereocenters. The van der Waals surface area contributed by atoms with Crippen LogP contribution in [0.15, 0.2) is 52.5 Å². The molecule has 0 spiro atoms. The Bertz CT molecular complexity index is 1510. The number of nitrogens with one attached hydrogen (secondary N) is 2. The Kier molecular flexibility index (Phi) is 6.37. The van der Waals surface area contributed by atoms with Gasteiger partial charge in [-0.25, -0.2) is 32.0 Å². The van der Waals surface area contributed by atoms with Gasteiger partial charge in [0.15, 0.2) is 11.6 Å². The molecule has 0 saturated heterocycles. The average Bonchev–Trinajstić information content (AvgIpc) is 3.47. The van der Waals surface area contributed by atoms with Gasteiger partial charge in [-0.3, -0.25) is 0 Å². The molecule has 1 aromatic carbocycles. The number of halogens is 2. The minimum Gasteiger partial charge on any atom is -0.443 e. The van der Waals surface area contributed by atoms with E-state index in [-0.39, 0.29) is 22.0 Å². The van der Waals surface area contributed by atoms with E-state index in [2.05, 4.69) is 29.6 Å². The van der Waals surface area contributed by atoms with Crippen molar-refractivity contribution >= 4 is 38.0 Å². The van der Waals surface area contributed by atoms with E-state index >= 15 is 0 Å². The Morgan fingerprint density at radius 3 is 2.58 bits per heavy atom. The van der Waals surface area contributed by atoms with Gasteiger partial charge in [-0.2, -0.15) is 0 Å². The van der Waals surface area contributed by atoms with Crippen LogP contribution in [0.3, 0.4) is 0 Å². The first-order valence-electron chi connectivity index (χ1n) is 11.6. The molecule has 0 aliphatic heterocycles. The van der Waals surface area contributed by atoms with Crippen molar-refractivity contribution in [2.24, 2.45) is 0 Å². The molecule has 12 heteroatoms. The van der Waals surface area contributed by atoms with Gasteiger partial charge in [0, 0.05) is 23.7 Å². The van der Waals surface area contributed by atoms with Crippen LogP contribution in [0, 0.1) is 6.92 Å². The lowest BCUT2D eigenvalue weighted by Gasteiger charge is -2.30. The van der Waals surface area contributed by atoms with Crippen molar-refractivity contribution in [3.63, 3.8) is 0 Å². The summed E-state index contributed by atoms with van der Waals surface area (Å²) in [5, 5.41) is 3.32. The summed E-state index contributed by atoms with van der Waals surface area (Å²) in [6.07, 6.45) is 0.753. The molecular formula is C24H25F2N5O4S. The highest BCUT2D eigenvalue weighted by Gasteiger charge is 2.31. The fraction of sp³-hybridized carbons (Fsp3) is 0.375. The van der Waals surface area contributed by atoms with Gasteiger partial charge in [0.25, 0.3) is 6.43 Å². The number of hydrogen-bond donors (Lipinski definition) is 2. The van der Waals surface area contributed by atoms with Gasteiger partial charge < -0.3 is 19.6 Å². The van der Waals surface area contributed by atoms with Crippen LogP contribution in [0.1, 0.15) is 37.5 Å². The second-order valence-corrected chi connectivity index (χ2v) is 10.7. The number of imidazole rings is 1. The van der Waals surface area contributed by atoms with Crippen molar-refractivity contribution in [1.29, 1.82) is 0 Å². The molecule has 1 amide bonds. The minimum absolute atomic E-state index is 0.0120. The third kappa shape index (κ3) is 4.41. The van der Waals surface area contributed by atoms with Crippen LogP contribution in [0.25, 0.3) is 22.1 Å². The minimum atomic E-state index is -3.92. The number of pyridine rings is 1. The van der Waals surface area contributed by atoms with Crippen molar-refractivity contribution < 1.29 is 26.7 Å². The number of aromatic nitrogens is 4. The van der Waals surface area contributed by atoms with Crippen LogP contribution in [-0.4, -0.2) is 53.1 Å². The van der Waals surface area contributed by atoms with Crippen LogP contribution >= 0.6 is 0 Å². The second-order valence-electron chi connectivity index (χ2n) is 8.84. The normalized spacial score (nSPS) is 18.7. The van der Waals surface area contributed by atoms with Crippen molar-refractivity contribution in [2.45, 2.75) is 61.0 Å². The summed E-state index contributed by atoms with van der Waals surface area (Å²) in [4.78, 5) is 24.1. The summed E-state index contributed by atoms with van der Waals surface area (Å²) in [6.45, 7) is 0.903. The average molecular weight is 518 g/mol. The molecular weight excluding hydrogens is 492 g/mol. The van der Waals surface area contributed by atoms with Gasteiger partial charge in [-0.1, -0.05) is 18.2 Å². The summed E-state index contributed by atoms with van der Waals surface area (Å²) in [5.41, 5.74) is 1.47. The molecule has 1 fully saturated rings. The Hall–Kier alpha value is -3.54. The van der Waals surface area contributed by atoms with Crippen molar-refractivity contribution in [3.05, 3.63) is 48.4 Å². The van der Waals surface area contributed by atoms with E-state index in [1.807, 2.05) is 13.0 Å². The Morgan fingerprint density at radius 1 is 1.17 bits per heavy atom. The SMILES string of the molecule is Cc1nc2c(S(=O)(=O)c3ccccc3)nc3[nH]ccc3c2n1C1CCC(NC(=O)OCC(F)F)CC1. The first kappa shape index (κ1) is 24.2. The predicted octanol–water partition coefficient (Wildman–Crippen LogP) is 4.53. The summed E-state index contributed by atoms with van der Waals surface area (Å²) < 4.78 is 58.2. The molecule has 2 N–H and O–H groups in total. The van der Waals surface area contributed by atoms with Gasteiger partial charge in [0.05, 0.1) is 10.4 Å². The highest BCUT2D eigenvalue weighted by atomic mass is 32.2. The van der Waals surface area contributed by atoms with Crippen molar-refractivity contribution in [3.8, 4) is 0 Å². The molecule has 0 unspecified atom stereocenters. The fourth-order valence-corrected chi connectivity index (χ4v) is 6.27. The lowest BCUT2D eigenvalue weighted by atomic mass is 9.91. The van der Waals surface area contributed by atoms with Crippen LogP contribution in [0.5, 0.6) is 0 Å². The number of ether oxygens (including phenoxy) is 1. The summed E-state index contributed by atoms with van der Waals surface area (Å²) in [5.74, 6) is 0.665. The number of aromatic amines is 1. The zero-order valence-electron chi connectivity index (χ0n) is 19.4. The van der Waals surface area contributed by atoms with E-state index in [1.165, 1.54) is 12.1 Å². The smallest absolute Gasteiger partial charge is 0.407 e. The number of fused-ring (bicyclic) bond motifs is 3. The van der Waals surface area contributed by atoms with E-state index in [0.29, 0.717) is 48.2 Å². The molecule has 3 heterocycles. The molecule has 190 valence electrons.